The molecule has 0 bridgehead atoms. The second kappa shape index (κ2) is 5.37. The Morgan fingerprint density at radius 1 is 1.22 bits per heavy atom. The fourth-order valence-corrected chi connectivity index (χ4v) is 1.67. The monoisotopic (exact) mass is 284 g/mol. The van der Waals surface area contributed by atoms with Gasteiger partial charge in [-0.05, 0) is 36.2 Å². The van der Waals surface area contributed by atoms with Crippen molar-refractivity contribution in [1.29, 1.82) is 0 Å². The van der Waals surface area contributed by atoms with Crippen LogP contribution in [0.25, 0.3) is 0 Å². The van der Waals surface area contributed by atoms with Crippen molar-refractivity contribution in [3.63, 3.8) is 0 Å². The molecule has 1 aromatic heterocycles. The number of aryl methyl sites for hydroxylation is 1. The van der Waals surface area contributed by atoms with Crippen LogP contribution in [-0.2, 0) is 0 Å². The molecular weight excluding hydrogens is 275 g/mol. The number of rotatable bonds is 3. The molecule has 94 valence electrons. The Kier molecular flexibility index (Phi) is 3.84. The Morgan fingerprint density at radius 2 is 2.00 bits per heavy atom. The predicted octanol–water partition coefficient (Wildman–Crippen LogP) is 3.24. The standard InChI is InChI=1S/C11H10Cl2N4O/c1-6-3-4-8(18-2)7(5-6)14-10-9(12)16-17-11(13)15-10/h3-5H,1-2H3,(H,14,15,17). The van der Waals surface area contributed by atoms with Gasteiger partial charge in [0.1, 0.15) is 5.75 Å². The number of nitrogens with one attached hydrogen (secondary N) is 1. The van der Waals surface area contributed by atoms with E-state index in [9.17, 15) is 0 Å². The molecular formula is C11H10Cl2N4O. The summed E-state index contributed by atoms with van der Waals surface area (Å²) >= 11 is 11.6. The first-order valence-electron chi connectivity index (χ1n) is 5.07. The van der Waals surface area contributed by atoms with Gasteiger partial charge in [0.05, 0.1) is 12.8 Å². The molecule has 0 unspecified atom stereocenters. The van der Waals surface area contributed by atoms with Gasteiger partial charge in [0.2, 0.25) is 5.28 Å². The van der Waals surface area contributed by atoms with Crippen molar-refractivity contribution in [1.82, 2.24) is 15.2 Å². The number of halogens is 2. The molecule has 0 aliphatic rings. The maximum Gasteiger partial charge on any atom is 0.245 e. The summed E-state index contributed by atoms with van der Waals surface area (Å²) in [6.07, 6.45) is 0. The molecule has 0 fully saturated rings. The van der Waals surface area contributed by atoms with Crippen LogP contribution < -0.4 is 10.1 Å². The number of benzene rings is 1. The highest BCUT2D eigenvalue weighted by Gasteiger charge is 2.09. The third-order valence-corrected chi connectivity index (χ3v) is 2.64. The average Bonchev–Trinajstić information content (AvgIpc) is 2.34. The molecule has 7 heteroatoms. The molecule has 2 rings (SSSR count). The topological polar surface area (TPSA) is 59.9 Å². The van der Waals surface area contributed by atoms with E-state index in [1.807, 2.05) is 25.1 Å². The first kappa shape index (κ1) is 12.9. The van der Waals surface area contributed by atoms with Crippen LogP contribution in [0.3, 0.4) is 0 Å². The van der Waals surface area contributed by atoms with Gasteiger partial charge in [-0.1, -0.05) is 17.7 Å². The molecule has 1 heterocycles. The molecule has 0 atom stereocenters. The Hall–Kier alpha value is -1.59. The molecule has 18 heavy (non-hydrogen) atoms. The van der Waals surface area contributed by atoms with Crippen molar-refractivity contribution in [3.05, 3.63) is 34.2 Å². The van der Waals surface area contributed by atoms with Crippen LogP contribution in [0.5, 0.6) is 5.75 Å². The van der Waals surface area contributed by atoms with Crippen molar-refractivity contribution >= 4 is 34.7 Å². The lowest BCUT2D eigenvalue weighted by atomic mass is 10.2. The molecule has 2 aromatic rings. The van der Waals surface area contributed by atoms with Crippen LogP contribution in [-0.4, -0.2) is 22.3 Å². The summed E-state index contributed by atoms with van der Waals surface area (Å²) in [5, 5.41) is 10.4. The molecule has 1 aromatic carbocycles. The van der Waals surface area contributed by atoms with Gasteiger partial charge in [-0.25, -0.2) is 0 Å². The summed E-state index contributed by atoms with van der Waals surface area (Å²) in [4.78, 5) is 3.97. The third kappa shape index (κ3) is 2.80. The van der Waals surface area contributed by atoms with E-state index in [4.69, 9.17) is 27.9 Å². The predicted molar refractivity (Wildman–Crippen MR) is 70.9 cm³/mol. The minimum absolute atomic E-state index is 0.0218. The zero-order chi connectivity index (χ0) is 13.1. The van der Waals surface area contributed by atoms with Gasteiger partial charge >= 0.3 is 0 Å². The normalized spacial score (nSPS) is 10.2. The highest BCUT2D eigenvalue weighted by Crippen LogP contribution is 2.30. The first-order chi connectivity index (χ1) is 8.60. The minimum atomic E-state index is 0.0218. The van der Waals surface area contributed by atoms with Gasteiger partial charge in [-0.15, -0.1) is 10.2 Å². The fraction of sp³-hybridized carbons (Fsp3) is 0.182. The molecule has 1 N–H and O–H groups in total. The quantitative estimate of drug-likeness (QED) is 0.938. The van der Waals surface area contributed by atoms with Gasteiger partial charge in [-0.2, -0.15) is 4.98 Å². The zero-order valence-electron chi connectivity index (χ0n) is 9.74. The molecule has 0 radical (unpaired) electrons. The summed E-state index contributed by atoms with van der Waals surface area (Å²) in [7, 11) is 1.59. The number of nitrogens with zero attached hydrogens (tertiary/aromatic N) is 3. The average molecular weight is 285 g/mol. The molecule has 0 saturated carbocycles. The highest BCUT2D eigenvalue weighted by atomic mass is 35.5. The smallest absolute Gasteiger partial charge is 0.245 e. The molecule has 0 aliphatic carbocycles. The molecule has 0 spiro atoms. The minimum Gasteiger partial charge on any atom is -0.495 e. The van der Waals surface area contributed by atoms with Gasteiger partial charge in [0, 0.05) is 0 Å². The molecule has 0 aliphatic heterocycles. The molecule has 5 nitrogen and oxygen atoms in total. The van der Waals surface area contributed by atoms with E-state index in [0.717, 1.165) is 11.3 Å². The lowest BCUT2D eigenvalue weighted by molar-refractivity contribution is 0.416. The van der Waals surface area contributed by atoms with Crippen molar-refractivity contribution in [2.75, 3.05) is 12.4 Å². The van der Waals surface area contributed by atoms with E-state index in [-0.39, 0.29) is 10.4 Å². The van der Waals surface area contributed by atoms with E-state index < -0.39 is 0 Å². The summed E-state index contributed by atoms with van der Waals surface area (Å²) in [5.74, 6) is 1.01. The van der Waals surface area contributed by atoms with Crippen molar-refractivity contribution in [2.24, 2.45) is 0 Å². The number of hydrogen-bond donors (Lipinski definition) is 1. The second-order valence-corrected chi connectivity index (χ2v) is 4.25. The van der Waals surface area contributed by atoms with Gasteiger partial charge in [0.15, 0.2) is 11.0 Å². The number of aromatic nitrogens is 3. The Balaban J connectivity index is 2.38. The number of methoxy groups -OCH3 is 1. The Bertz CT molecular complexity index is 577. The highest BCUT2D eigenvalue weighted by molar-refractivity contribution is 6.32. The van der Waals surface area contributed by atoms with Crippen LogP contribution in [0, 0.1) is 6.92 Å². The van der Waals surface area contributed by atoms with Gasteiger partial charge in [0.25, 0.3) is 0 Å². The van der Waals surface area contributed by atoms with Crippen molar-refractivity contribution < 1.29 is 4.74 Å². The molecule has 0 saturated heterocycles. The van der Waals surface area contributed by atoms with E-state index in [0.29, 0.717) is 11.6 Å². The Morgan fingerprint density at radius 3 is 2.72 bits per heavy atom. The maximum atomic E-state index is 5.88. The summed E-state index contributed by atoms with van der Waals surface area (Å²) in [5.41, 5.74) is 1.80. The van der Waals surface area contributed by atoms with Crippen LogP contribution in [0.2, 0.25) is 10.4 Å². The van der Waals surface area contributed by atoms with Crippen LogP contribution in [0.4, 0.5) is 11.5 Å². The zero-order valence-corrected chi connectivity index (χ0v) is 11.2. The van der Waals surface area contributed by atoms with Crippen LogP contribution >= 0.6 is 23.2 Å². The van der Waals surface area contributed by atoms with Crippen molar-refractivity contribution in [2.45, 2.75) is 6.92 Å². The van der Waals surface area contributed by atoms with Crippen molar-refractivity contribution in [3.8, 4) is 5.75 Å². The van der Waals surface area contributed by atoms with E-state index in [2.05, 4.69) is 20.5 Å². The lowest BCUT2D eigenvalue weighted by Crippen LogP contribution is -2.00. The SMILES string of the molecule is COc1ccc(C)cc1Nc1nc(Cl)nnc1Cl. The third-order valence-electron chi connectivity index (χ3n) is 2.23. The summed E-state index contributed by atoms with van der Waals surface area (Å²) < 4.78 is 5.24. The van der Waals surface area contributed by atoms with E-state index in [1.165, 1.54) is 0 Å². The molecule has 0 amide bonds. The summed E-state index contributed by atoms with van der Waals surface area (Å²) in [6, 6.07) is 5.70. The fourth-order valence-electron chi connectivity index (χ4n) is 1.42. The van der Waals surface area contributed by atoms with Crippen LogP contribution in [0.1, 0.15) is 5.56 Å². The van der Waals surface area contributed by atoms with E-state index >= 15 is 0 Å². The lowest BCUT2D eigenvalue weighted by Gasteiger charge is -2.11. The van der Waals surface area contributed by atoms with Crippen LogP contribution in [0.15, 0.2) is 18.2 Å². The maximum absolute atomic E-state index is 5.88. The summed E-state index contributed by atoms with van der Waals surface area (Å²) in [6.45, 7) is 1.97. The number of anilines is 2. The van der Waals surface area contributed by atoms with Gasteiger partial charge < -0.3 is 10.1 Å². The van der Waals surface area contributed by atoms with Gasteiger partial charge in [-0.3, -0.25) is 0 Å². The Labute approximate surface area is 114 Å². The second-order valence-electron chi connectivity index (χ2n) is 3.55. The number of ether oxygens (including phenoxy) is 1. The first-order valence-corrected chi connectivity index (χ1v) is 5.83. The largest absolute Gasteiger partial charge is 0.495 e. The van der Waals surface area contributed by atoms with E-state index in [1.54, 1.807) is 7.11 Å². The number of hydrogen-bond acceptors (Lipinski definition) is 5.